The first-order valence-corrected chi connectivity index (χ1v) is 8.08. The van der Waals surface area contributed by atoms with E-state index in [1.165, 1.54) is 5.56 Å². The van der Waals surface area contributed by atoms with Gasteiger partial charge in [0.1, 0.15) is 5.75 Å². The van der Waals surface area contributed by atoms with Crippen LogP contribution in [0.4, 0.5) is 0 Å². The largest absolute Gasteiger partial charge is 0.493 e. The van der Waals surface area contributed by atoms with Crippen LogP contribution >= 0.6 is 0 Å². The highest BCUT2D eigenvalue weighted by atomic mass is 16.5. The van der Waals surface area contributed by atoms with Gasteiger partial charge in [-0.1, -0.05) is 38.0 Å². The molecule has 0 bridgehead atoms. The minimum absolute atomic E-state index is 0.562. The molecule has 0 aromatic heterocycles. The molecular weight excluding hydrogens is 264 g/mol. The molecule has 21 heavy (non-hydrogen) atoms. The highest BCUT2D eigenvalue weighted by Gasteiger charge is 2.17. The van der Waals surface area contributed by atoms with Crippen molar-refractivity contribution in [1.29, 1.82) is 0 Å². The van der Waals surface area contributed by atoms with E-state index >= 15 is 0 Å². The summed E-state index contributed by atoms with van der Waals surface area (Å²) in [5.74, 6) is 0.944. The SMILES string of the molecule is CCCOc1c(C)cc(C)cc1CCC(O)C(O)CCC. The summed E-state index contributed by atoms with van der Waals surface area (Å²) in [6, 6.07) is 4.24. The van der Waals surface area contributed by atoms with Crippen molar-refractivity contribution in [1.82, 2.24) is 0 Å². The van der Waals surface area contributed by atoms with Crippen LogP contribution in [0.15, 0.2) is 12.1 Å². The lowest BCUT2D eigenvalue weighted by Gasteiger charge is -2.19. The topological polar surface area (TPSA) is 49.7 Å². The molecule has 0 aliphatic heterocycles. The Hall–Kier alpha value is -1.06. The van der Waals surface area contributed by atoms with E-state index in [4.69, 9.17) is 4.74 Å². The Morgan fingerprint density at radius 1 is 1.00 bits per heavy atom. The van der Waals surface area contributed by atoms with Crippen molar-refractivity contribution in [3.63, 3.8) is 0 Å². The summed E-state index contributed by atoms with van der Waals surface area (Å²) < 4.78 is 5.87. The van der Waals surface area contributed by atoms with Crippen molar-refractivity contribution in [2.24, 2.45) is 0 Å². The zero-order chi connectivity index (χ0) is 15.8. The Labute approximate surface area is 129 Å². The van der Waals surface area contributed by atoms with Crippen LogP contribution in [0.5, 0.6) is 5.75 Å². The fraction of sp³-hybridized carbons (Fsp3) is 0.667. The van der Waals surface area contributed by atoms with E-state index in [0.29, 0.717) is 19.4 Å². The van der Waals surface area contributed by atoms with Gasteiger partial charge in [0, 0.05) is 0 Å². The maximum Gasteiger partial charge on any atom is 0.125 e. The lowest BCUT2D eigenvalue weighted by atomic mass is 9.97. The van der Waals surface area contributed by atoms with Gasteiger partial charge in [0.15, 0.2) is 0 Å². The van der Waals surface area contributed by atoms with Gasteiger partial charge in [-0.05, 0) is 50.7 Å². The minimum atomic E-state index is -0.662. The molecule has 120 valence electrons. The highest BCUT2D eigenvalue weighted by molar-refractivity contribution is 5.44. The molecule has 1 aromatic rings. The summed E-state index contributed by atoms with van der Waals surface area (Å²) in [5.41, 5.74) is 3.47. The number of rotatable bonds is 9. The summed E-state index contributed by atoms with van der Waals surface area (Å²) >= 11 is 0. The summed E-state index contributed by atoms with van der Waals surface area (Å²) in [6.45, 7) is 8.94. The van der Waals surface area contributed by atoms with Gasteiger partial charge in [0.2, 0.25) is 0 Å². The number of benzene rings is 1. The molecule has 0 heterocycles. The Bertz CT molecular complexity index is 429. The van der Waals surface area contributed by atoms with Crippen LogP contribution in [0.1, 0.15) is 56.2 Å². The molecule has 3 heteroatoms. The van der Waals surface area contributed by atoms with Gasteiger partial charge in [-0.15, -0.1) is 0 Å². The van der Waals surface area contributed by atoms with Crippen molar-refractivity contribution in [3.8, 4) is 5.75 Å². The standard InChI is InChI=1S/C18H30O3/c1-5-7-16(19)17(20)9-8-15-12-13(3)11-14(4)18(15)21-10-6-2/h11-12,16-17,19-20H,5-10H2,1-4H3. The molecule has 0 saturated carbocycles. The third-order valence-electron chi connectivity index (χ3n) is 3.68. The smallest absolute Gasteiger partial charge is 0.125 e. The van der Waals surface area contributed by atoms with Gasteiger partial charge >= 0.3 is 0 Å². The van der Waals surface area contributed by atoms with Crippen LogP contribution < -0.4 is 4.74 Å². The molecule has 0 radical (unpaired) electrons. The predicted molar refractivity (Wildman–Crippen MR) is 86.9 cm³/mol. The second-order valence-electron chi connectivity index (χ2n) is 5.88. The van der Waals surface area contributed by atoms with E-state index in [0.717, 1.165) is 36.1 Å². The second-order valence-corrected chi connectivity index (χ2v) is 5.88. The van der Waals surface area contributed by atoms with Crippen LogP contribution in [0, 0.1) is 13.8 Å². The zero-order valence-electron chi connectivity index (χ0n) is 13.9. The van der Waals surface area contributed by atoms with E-state index in [2.05, 4.69) is 32.9 Å². The van der Waals surface area contributed by atoms with Crippen LogP contribution in [-0.4, -0.2) is 29.0 Å². The molecule has 0 saturated heterocycles. The number of aryl methyl sites for hydroxylation is 3. The fourth-order valence-corrected chi connectivity index (χ4v) is 2.62. The molecule has 2 N–H and O–H groups in total. The molecule has 0 aliphatic rings. The third kappa shape index (κ3) is 5.68. The van der Waals surface area contributed by atoms with Crippen molar-refractivity contribution < 1.29 is 14.9 Å². The molecule has 0 amide bonds. The van der Waals surface area contributed by atoms with E-state index in [-0.39, 0.29) is 0 Å². The molecule has 2 unspecified atom stereocenters. The number of hydrogen-bond acceptors (Lipinski definition) is 3. The molecule has 1 rings (SSSR count). The van der Waals surface area contributed by atoms with E-state index in [1.54, 1.807) is 0 Å². The highest BCUT2D eigenvalue weighted by Crippen LogP contribution is 2.27. The lowest BCUT2D eigenvalue weighted by molar-refractivity contribution is 0.00972. The zero-order valence-corrected chi connectivity index (χ0v) is 13.9. The summed E-state index contributed by atoms with van der Waals surface area (Å²) in [7, 11) is 0. The van der Waals surface area contributed by atoms with Gasteiger partial charge in [-0.2, -0.15) is 0 Å². The first-order valence-electron chi connectivity index (χ1n) is 8.08. The molecule has 0 fully saturated rings. The van der Waals surface area contributed by atoms with E-state index in [1.807, 2.05) is 6.92 Å². The summed E-state index contributed by atoms with van der Waals surface area (Å²) in [4.78, 5) is 0. The van der Waals surface area contributed by atoms with Gasteiger partial charge in [0.25, 0.3) is 0 Å². The van der Waals surface area contributed by atoms with Crippen molar-refractivity contribution in [2.45, 2.75) is 72.0 Å². The Morgan fingerprint density at radius 2 is 1.67 bits per heavy atom. The average molecular weight is 294 g/mol. The Balaban J connectivity index is 2.76. The average Bonchev–Trinajstić information content (AvgIpc) is 2.43. The summed E-state index contributed by atoms with van der Waals surface area (Å²) in [6.07, 6.45) is 2.51. The Kier molecular flexibility index (Phi) is 7.76. The predicted octanol–water partition coefficient (Wildman–Crippen LogP) is 3.55. The van der Waals surface area contributed by atoms with Gasteiger partial charge < -0.3 is 14.9 Å². The monoisotopic (exact) mass is 294 g/mol. The lowest BCUT2D eigenvalue weighted by Crippen LogP contribution is -2.26. The van der Waals surface area contributed by atoms with Crippen LogP contribution in [0.25, 0.3) is 0 Å². The molecular formula is C18H30O3. The fourth-order valence-electron chi connectivity index (χ4n) is 2.62. The molecule has 1 aromatic carbocycles. The first-order chi connectivity index (χ1) is 9.99. The quantitative estimate of drug-likeness (QED) is 0.732. The maximum absolute atomic E-state index is 10.0. The Morgan fingerprint density at radius 3 is 2.29 bits per heavy atom. The number of aliphatic hydroxyl groups excluding tert-OH is 2. The molecule has 3 nitrogen and oxygen atoms in total. The molecule has 2 atom stereocenters. The van der Waals surface area contributed by atoms with Crippen molar-refractivity contribution in [2.75, 3.05) is 6.61 Å². The third-order valence-corrected chi connectivity index (χ3v) is 3.68. The maximum atomic E-state index is 10.0. The van der Waals surface area contributed by atoms with Crippen LogP contribution in [-0.2, 0) is 6.42 Å². The number of aliphatic hydroxyl groups is 2. The summed E-state index contributed by atoms with van der Waals surface area (Å²) in [5, 5.41) is 19.9. The first kappa shape index (κ1) is 18.0. The van der Waals surface area contributed by atoms with Crippen LogP contribution in [0.3, 0.4) is 0 Å². The van der Waals surface area contributed by atoms with E-state index in [9.17, 15) is 10.2 Å². The van der Waals surface area contributed by atoms with Crippen molar-refractivity contribution in [3.05, 3.63) is 28.8 Å². The van der Waals surface area contributed by atoms with E-state index < -0.39 is 12.2 Å². The van der Waals surface area contributed by atoms with Crippen molar-refractivity contribution >= 4 is 0 Å². The minimum Gasteiger partial charge on any atom is -0.493 e. The molecule has 0 spiro atoms. The van der Waals surface area contributed by atoms with Gasteiger partial charge in [-0.3, -0.25) is 0 Å². The number of hydrogen-bond donors (Lipinski definition) is 2. The van der Waals surface area contributed by atoms with Gasteiger partial charge in [-0.25, -0.2) is 0 Å². The number of ether oxygens (including phenoxy) is 1. The second kappa shape index (κ2) is 9.06. The van der Waals surface area contributed by atoms with Gasteiger partial charge in [0.05, 0.1) is 18.8 Å². The van der Waals surface area contributed by atoms with Crippen LogP contribution in [0.2, 0.25) is 0 Å². The molecule has 0 aliphatic carbocycles. The normalized spacial score (nSPS) is 14.0.